The monoisotopic (exact) mass is 353 g/mol. The highest BCUT2D eigenvalue weighted by atomic mass is 35.5. The molecule has 1 fully saturated rings. The molecular formula is C21H20ClNO2. The van der Waals surface area contributed by atoms with Crippen molar-refractivity contribution in [3.05, 3.63) is 70.4 Å². The fraction of sp³-hybridized carbons (Fsp3) is 0.286. The van der Waals surface area contributed by atoms with Crippen molar-refractivity contribution in [2.24, 2.45) is 5.92 Å². The molecule has 4 heteroatoms. The van der Waals surface area contributed by atoms with Crippen LogP contribution in [0.4, 0.5) is 0 Å². The zero-order valence-electron chi connectivity index (χ0n) is 14.2. The van der Waals surface area contributed by atoms with Gasteiger partial charge in [-0.15, -0.1) is 0 Å². The second kappa shape index (κ2) is 6.57. The standard InChI is InChI=1S/C21H20ClNO2/c1-25-21(24)19-12-18(22)6-5-16(19)10-15-4-7-20-17(11-15)8-9-23(20)13-14-2-3-14/h4-9,11-12,14H,2-3,10,13H2,1H3. The van der Waals surface area contributed by atoms with E-state index in [1.54, 1.807) is 6.07 Å². The molecule has 25 heavy (non-hydrogen) atoms. The first kappa shape index (κ1) is 16.2. The van der Waals surface area contributed by atoms with Crippen LogP contribution in [0.1, 0.15) is 34.3 Å². The summed E-state index contributed by atoms with van der Waals surface area (Å²) >= 11 is 6.04. The van der Waals surface area contributed by atoms with E-state index in [0.717, 1.165) is 18.0 Å². The van der Waals surface area contributed by atoms with E-state index >= 15 is 0 Å². The number of methoxy groups -OCH3 is 1. The van der Waals surface area contributed by atoms with Crippen LogP contribution in [0.15, 0.2) is 48.7 Å². The van der Waals surface area contributed by atoms with Crippen molar-refractivity contribution in [3.8, 4) is 0 Å². The molecule has 0 amide bonds. The average Bonchev–Trinajstić information content (AvgIpc) is 3.35. The van der Waals surface area contributed by atoms with Crippen LogP contribution in [0.5, 0.6) is 0 Å². The van der Waals surface area contributed by atoms with Crippen LogP contribution in [-0.2, 0) is 17.7 Å². The minimum atomic E-state index is -0.353. The summed E-state index contributed by atoms with van der Waals surface area (Å²) in [7, 11) is 1.39. The molecule has 1 saturated carbocycles. The second-order valence-corrected chi connectivity index (χ2v) is 7.21. The summed E-state index contributed by atoms with van der Waals surface area (Å²) in [5.74, 6) is 0.501. The molecule has 0 N–H and O–H groups in total. The Morgan fingerprint density at radius 1 is 1.20 bits per heavy atom. The molecule has 1 aromatic heterocycles. The lowest BCUT2D eigenvalue weighted by molar-refractivity contribution is 0.0599. The van der Waals surface area contributed by atoms with E-state index in [9.17, 15) is 4.79 Å². The lowest BCUT2D eigenvalue weighted by Gasteiger charge is -2.10. The number of carbonyl (C=O) groups is 1. The van der Waals surface area contributed by atoms with Crippen molar-refractivity contribution < 1.29 is 9.53 Å². The minimum absolute atomic E-state index is 0.353. The number of halogens is 1. The Kier molecular flexibility index (Phi) is 4.26. The zero-order valence-corrected chi connectivity index (χ0v) is 14.9. The van der Waals surface area contributed by atoms with Crippen molar-refractivity contribution in [1.29, 1.82) is 0 Å². The van der Waals surface area contributed by atoms with Gasteiger partial charge in [0.05, 0.1) is 12.7 Å². The summed E-state index contributed by atoms with van der Waals surface area (Å²) in [5.41, 5.74) is 3.90. The van der Waals surface area contributed by atoms with Gasteiger partial charge in [0, 0.05) is 23.3 Å². The largest absolute Gasteiger partial charge is 0.465 e. The van der Waals surface area contributed by atoms with E-state index in [4.69, 9.17) is 16.3 Å². The second-order valence-electron chi connectivity index (χ2n) is 6.77. The number of fused-ring (bicyclic) bond motifs is 1. The summed E-state index contributed by atoms with van der Waals surface area (Å²) in [6.45, 7) is 1.12. The zero-order chi connectivity index (χ0) is 17.4. The molecule has 4 rings (SSSR count). The van der Waals surface area contributed by atoms with Crippen LogP contribution in [0, 0.1) is 5.92 Å². The number of ether oxygens (including phenoxy) is 1. The van der Waals surface area contributed by atoms with Crippen molar-refractivity contribution in [1.82, 2.24) is 4.57 Å². The Bertz CT molecular complexity index is 940. The summed E-state index contributed by atoms with van der Waals surface area (Å²) in [6, 6.07) is 14.1. The fourth-order valence-corrected chi connectivity index (χ4v) is 3.49. The molecule has 1 heterocycles. The van der Waals surface area contributed by atoms with Gasteiger partial charge in [-0.1, -0.05) is 23.7 Å². The third-order valence-electron chi connectivity index (χ3n) is 4.86. The maximum absolute atomic E-state index is 12.0. The molecule has 0 aliphatic heterocycles. The third-order valence-corrected chi connectivity index (χ3v) is 5.09. The predicted octanol–water partition coefficient (Wildman–Crippen LogP) is 5.08. The molecular weight excluding hydrogens is 334 g/mol. The highest BCUT2D eigenvalue weighted by molar-refractivity contribution is 6.31. The number of aromatic nitrogens is 1. The van der Waals surface area contributed by atoms with Crippen molar-refractivity contribution in [2.45, 2.75) is 25.8 Å². The van der Waals surface area contributed by atoms with Gasteiger partial charge >= 0.3 is 5.97 Å². The van der Waals surface area contributed by atoms with Gasteiger partial charge < -0.3 is 9.30 Å². The molecule has 3 aromatic rings. The molecule has 0 radical (unpaired) electrons. The van der Waals surface area contributed by atoms with Crippen LogP contribution < -0.4 is 0 Å². The number of hydrogen-bond donors (Lipinski definition) is 0. The Morgan fingerprint density at radius 3 is 2.80 bits per heavy atom. The van der Waals surface area contributed by atoms with Crippen LogP contribution >= 0.6 is 11.6 Å². The van der Waals surface area contributed by atoms with Gasteiger partial charge in [-0.2, -0.15) is 0 Å². The van der Waals surface area contributed by atoms with Crippen LogP contribution in [-0.4, -0.2) is 17.6 Å². The molecule has 1 aliphatic carbocycles. The van der Waals surface area contributed by atoms with Gasteiger partial charge in [0.1, 0.15) is 0 Å². The van der Waals surface area contributed by atoms with Crippen LogP contribution in [0.2, 0.25) is 5.02 Å². The average molecular weight is 354 g/mol. The Balaban J connectivity index is 1.63. The van der Waals surface area contributed by atoms with E-state index in [0.29, 0.717) is 17.0 Å². The predicted molar refractivity (Wildman–Crippen MR) is 100 cm³/mol. The topological polar surface area (TPSA) is 31.2 Å². The Morgan fingerprint density at radius 2 is 2.04 bits per heavy atom. The first-order chi connectivity index (χ1) is 12.1. The molecule has 0 unspecified atom stereocenters. The third kappa shape index (κ3) is 3.42. The number of nitrogens with zero attached hydrogens (tertiary/aromatic N) is 1. The minimum Gasteiger partial charge on any atom is -0.465 e. The number of hydrogen-bond acceptors (Lipinski definition) is 2. The Hall–Kier alpha value is -2.26. The van der Waals surface area contributed by atoms with Crippen molar-refractivity contribution >= 4 is 28.5 Å². The summed E-state index contributed by atoms with van der Waals surface area (Å²) in [4.78, 5) is 12.0. The van der Waals surface area contributed by atoms with Crippen molar-refractivity contribution in [3.63, 3.8) is 0 Å². The SMILES string of the molecule is COC(=O)c1cc(Cl)ccc1Cc1ccc2c(ccn2CC2CC2)c1. The molecule has 1 aliphatic rings. The van der Waals surface area contributed by atoms with Crippen LogP contribution in [0.25, 0.3) is 10.9 Å². The molecule has 0 saturated heterocycles. The smallest absolute Gasteiger partial charge is 0.338 e. The maximum Gasteiger partial charge on any atom is 0.338 e. The van der Waals surface area contributed by atoms with Gasteiger partial charge in [-0.25, -0.2) is 4.79 Å². The number of rotatable bonds is 5. The molecule has 128 valence electrons. The van der Waals surface area contributed by atoms with E-state index in [1.165, 1.54) is 36.4 Å². The quantitative estimate of drug-likeness (QED) is 0.599. The van der Waals surface area contributed by atoms with E-state index in [-0.39, 0.29) is 5.97 Å². The highest BCUT2D eigenvalue weighted by Crippen LogP contribution is 2.32. The van der Waals surface area contributed by atoms with Crippen LogP contribution in [0.3, 0.4) is 0 Å². The van der Waals surface area contributed by atoms with Crippen molar-refractivity contribution in [2.75, 3.05) is 7.11 Å². The lowest BCUT2D eigenvalue weighted by Crippen LogP contribution is -2.06. The molecule has 0 bridgehead atoms. The van der Waals surface area contributed by atoms with Gasteiger partial charge in [-0.3, -0.25) is 0 Å². The summed E-state index contributed by atoms with van der Waals surface area (Å²) < 4.78 is 7.23. The molecule has 2 aromatic carbocycles. The Labute approximate surface area is 152 Å². The van der Waals surface area contributed by atoms with Gasteiger partial charge in [0.15, 0.2) is 0 Å². The highest BCUT2D eigenvalue weighted by Gasteiger charge is 2.22. The van der Waals surface area contributed by atoms with Gasteiger partial charge in [0.2, 0.25) is 0 Å². The maximum atomic E-state index is 12.0. The van der Waals surface area contributed by atoms with E-state index in [1.807, 2.05) is 12.1 Å². The van der Waals surface area contributed by atoms with Gasteiger partial charge in [-0.05, 0) is 72.0 Å². The normalized spacial score (nSPS) is 14.0. The molecule has 3 nitrogen and oxygen atoms in total. The summed E-state index contributed by atoms with van der Waals surface area (Å²) in [6.07, 6.45) is 5.55. The van der Waals surface area contributed by atoms with E-state index < -0.39 is 0 Å². The first-order valence-corrected chi connectivity index (χ1v) is 8.96. The van der Waals surface area contributed by atoms with E-state index in [2.05, 4.69) is 35.0 Å². The number of esters is 1. The number of benzene rings is 2. The summed E-state index contributed by atoms with van der Waals surface area (Å²) in [5, 5.41) is 1.78. The lowest BCUT2D eigenvalue weighted by atomic mass is 9.99. The van der Waals surface area contributed by atoms with Gasteiger partial charge in [0.25, 0.3) is 0 Å². The molecule has 0 atom stereocenters. The fourth-order valence-electron chi connectivity index (χ4n) is 3.32. The first-order valence-electron chi connectivity index (χ1n) is 8.58. The molecule has 0 spiro atoms. The number of carbonyl (C=O) groups excluding carboxylic acids is 1.